The first-order valence-corrected chi connectivity index (χ1v) is 52.6. The third-order valence-electron chi connectivity index (χ3n) is 34.0. The van der Waals surface area contributed by atoms with Gasteiger partial charge in [-0.3, -0.25) is 14.7 Å². The maximum atomic E-state index is 6.41. The van der Waals surface area contributed by atoms with Crippen molar-refractivity contribution in [1.29, 1.82) is 0 Å². The van der Waals surface area contributed by atoms with Crippen LogP contribution in [0.25, 0.3) is 0 Å². The van der Waals surface area contributed by atoms with Crippen LogP contribution in [0, 0.1) is 24.3 Å². The topological polar surface area (TPSA) is 49.2 Å². The van der Waals surface area contributed by atoms with Crippen molar-refractivity contribution in [1.82, 2.24) is 8.97 Å². The largest absolute Gasteiger partial charge is 0.527 e. The Morgan fingerprint density at radius 2 is 0.809 bits per heavy atom. The van der Waals surface area contributed by atoms with Gasteiger partial charge in [-0.25, -0.2) is 45.8 Å². The Hall–Kier alpha value is -4.64. The number of ether oxygens (including phenoxy) is 2. The van der Waals surface area contributed by atoms with Gasteiger partial charge in [0, 0.05) is 193 Å². The number of anilines is 4. The summed E-state index contributed by atoms with van der Waals surface area (Å²) in [5, 5.41) is 1.70. The summed E-state index contributed by atoms with van der Waals surface area (Å²) < 4.78 is 14.4. The summed E-state index contributed by atoms with van der Waals surface area (Å²) in [7, 11) is 27.4. The van der Waals surface area contributed by atoms with Gasteiger partial charge in [-0.05, 0) is 361 Å². The number of likely N-dealkylation sites (N-methyl/N-ethyl adjacent to an activating group) is 6. The zero-order chi connectivity index (χ0) is 91.0. The van der Waals surface area contributed by atoms with E-state index in [9.17, 15) is 0 Å². The third kappa shape index (κ3) is 18.5. The van der Waals surface area contributed by atoms with Crippen molar-refractivity contribution in [2.45, 2.75) is 278 Å². The molecule has 0 bridgehead atoms. The van der Waals surface area contributed by atoms with Crippen LogP contribution in [0.2, 0.25) is 0 Å². The van der Waals surface area contributed by atoms with Gasteiger partial charge < -0.3 is 33.6 Å². The van der Waals surface area contributed by atoms with E-state index in [1.54, 1.807) is 88.5 Å². The SMILES string of the molecule is CN1/C(=C/[C-]=CC2Oc3c(ccc4c3CCCC4)[NH+]2C)Oc2c1ccc1c2CCCC1.CN1/C(=C/[C-]=CC2Sc3c(ccc4c3CCCC4)[NH+]2C)Sc2c1ccc1c2CCCC1.CN1/C(=C/[C-]=CC2[NH+](C)c3ccc4c(c3C2(C)C)CCCC4)C(C)(C)c2c1ccc1c2CCCC1.CN1/C(=C/[C-]=CC2[NH+](C)c3ccc4c(c3[N+]2(C)C)CCCC4)[N+](C)(C)c2c1ccc1c2CCCC1.[Y].[Y].[Y].[Y]. The van der Waals surface area contributed by atoms with Crippen molar-refractivity contribution in [2.75, 3.05) is 104 Å². The van der Waals surface area contributed by atoms with Gasteiger partial charge in [0.15, 0.2) is 17.1 Å². The summed E-state index contributed by atoms with van der Waals surface area (Å²) in [6, 6.07) is 38.0. The molecule has 136 heavy (non-hydrogen) atoms. The Balaban J connectivity index is 0.000000125. The van der Waals surface area contributed by atoms with Crippen LogP contribution in [0.15, 0.2) is 178 Å². The molecule has 4 N–H and O–H groups in total. The van der Waals surface area contributed by atoms with E-state index in [2.05, 4.69) is 290 Å². The minimum Gasteiger partial charge on any atom is -0.527 e. The zero-order valence-electron chi connectivity index (χ0n) is 84.4. The number of rotatable bonds is 8. The molecule has 8 atom stereocenters. The van der Waals surface area contributed by atoms with Gasteiger partial charge >= 0.3 is 0 Å². The minimum atomic E-state index is -0.0536. The second-order valence-corrected chi connectivity index (χ2v) is 45.3. The zero-order valence-corrected chi connectivity index (χ0v) is 97.4. The number of allylic oxidation sites excluding steroid dienone is 9. The maximum absolute atomic E-state index is 6.41. The van der Waals surface area contributed by atoms with Crippen molar-refractivity contribution >= 4 is 80.4 Å². The second-order valence-electron chi connectivity index (χ2n) is 43.2. The van der Waals surface area contributed by atoms with Crippen LogP contribution in [-0.2, 0) is 244 Å². The number of benzene rings is 8. The minimum absolute atomic E-state index is 0. The average molecular weight is 2150 g/mol. The van der Waals surface area contributed by atoms with Gasteiger partial charge in [0.05, 0.1) is 83.9 Å². The van der Waals surface area contributed by atoms with Crippen LogP contribution < -0.4 is 57.6 Å². The molecule has 8 aromatic carbocycles. The first kappa shape index (κ1) is 103. The molecule has 24 rings (SSSR count). The number of quaternary nitrogens is 6. The van der Waals surface area contributed by atoms with Crippen LogP contribution in [0.5, 0.6) is 11.5 Å². The molecule has 0 saturated carbocycles. The predicted octanol–water partition coefficient (Wildman–Crippen LogP) is 19.8. The molecule has 8 unspecified atom stereocenters. The van der Waals surface area contributed by atoms with Crippen molar-refractivity contribution in [2.24, 2.45) is 0 Å². The van der Waals surface area contributed by atoms with E-state index in [0.717, 1.165) is 44.9 Å². The van der Waals surface area contributed by atoms with Crippen LogP contribution in [0.1, 0.15) is 231 Å². The predicted molar refractivity (Wildman–Crippen MR) is 550 cm³/mol. The summed E-state index contributed by atoms with van der Waals surface area (Å²) in [5.74, 6) is 4.28. The molecule has 8 aliphatic heterocycles. The molecule has 0 saturated heterocycles. The van der Waals surface area contributed by atoms with Crippen LogP contribution in [-0.4, -0.2) is 108 Å². The standard InChI is InChI=1S/C33H41N2.C31H41N4.C27H29N2O2.C27H29N2S2.4Y/c1-32(2)28(34(5)26-20-18-22-12-7-9-14-24(22)30(26)32)16-11-17-29-33(3,4)31-25-15-10-8-13-23(25)19-21-27(31)35(29)6;1-32-26-20-18-22-12-7-9-14-24(22)30(26)34(3,4)28(32)16-11-17-29-33(2)27-21-19-23-13-8-10-15-25(23)31(27)35(29,5)6;2*1-28-22-16-14-18-8-3-5-10-20(18)26(22)30-24(28)12-7-13-25-29(2)23-17-15-19-9-4-6-11-21(19)27(23)31-25;;;;/h2*16-21,28H,7-10,12-15H2,1-6H3;2*12-17,24H,3-6,8-11H2,1-2H3;;;;/q-1;+1;2*-1;;;;/p+4/b29-17+;29-17-;2*25-13-;;;;. The Labute approximate surface area is 924 Å². The Morgan fingerprint density at radius 1 is 0.368 bits per heavy atom. The Kier molecular flexibility index (Phi) is 31.9. The van der Waals surface area contributed by atoms with Gasteiger partial charge in [0.25, 0.3) is 0 Å². The van der Waals surface area contributed by atoms with E-state index in [-0.39, 0.29) is 148 Å². The number of nitrogens with zero attached hydrogens (tertiary/aromatic N) is 6. The third-order valence-corrected chi connectivity index (χ3v) is 36.7. The number of hydrogen-bond acceptors (Lipinski definition) is 8. The van der Waals surface area contributed by atoms with E-state index < -0.39 is 0 Å². The van der Waals surface area contributed by atoms with Crippen molar-refractivity contribution < 1.29 is 160 Å². The Bertz CT molecular complexity index is 5840. The number of hydrogen-bond donors (Lipinski definition) is 4. The van der Waals surface area contributed by atoms with Gasteiger partial charge in [0.1, 0.15) is 34.2 Å². The molecule has 4 radical (unpaired) electrons. The summed E-state index contributed by atoms with van der Waals surface area (Å²) in [6.45, 7) is 9.75. The molecular weight excluding hydrogens is 2010 g/mol. The molecule has 0 aromatic heterocycles. The molecule has 8 aromatic rings. The van der Waals surface area contributed by atoms with E-state index in [0.29, 0.717) is 17.6 Å². The molecule has 0 fully saturated rings. The second kappa shape index (κ2) is 42.2. The quantitative estimate of drug-likeness (QED) is 0.0887. The van der Waals surface area contributed by atoms with Crippen LogP contribution in [0.3, 0.4) is 0 Å². The first-order valence-electron chi connectivity index (χ1n) is 50.9. The molecule has 700 valence electrons. The van der Waals surface area contributed by atoms with E-state index in [1.165, 1.54) is 301 Å². The fourth-order valence-electron chi connectivity index (χ4n) is 26.8. The van der Waals surface area contributed by atoms with E-state index in [4.69, 9.17) is 9.47 Å². The molecule has 0 spiro atoms. The first-order chi connectivity index (χ1) is 63.9. The summed E-state index contributed by atoms with van der Waals surface area (Å²) in [4.78, 5) is 18.1. The monoisotopic (exact) mass is 2150 g/mol. The molecule has 8 aliphatic carbocycles. The van der Waals surface area contributed by atoms with Crippen LogP contribution >= 0.6 is 23.5 Å². The summed E-state index contributed by atoms with van der Waals surface area (Å²) in [6.07, 6.45) is 72.9. The molecule has 0 amide bonds. The molecule has 8 heterocycles. The van der Waals surface area contributed by atoms with E-state index in [1.807, 2.05) is 35.7 Å². The average Bonchev–Trinajstić information content (AvgIpc) is 1.58. The number of fused-ring (bicyclic) bond motifs is 24. The molecule has 16 aliphatic rings. The fourth-order valence-corrected chi connectivity index (χ4v) is 29.5. The van der Waals surface area contributed by atoms with Gasteiger partial charge in [0.2, 0.25) is 18.1 Å². The smallest absolute Gasteiger partial charge is 0.239 e. The molecule has 12 nitrogen and oxygen atoms in total. The van der Waals surface area contributed by atoms with Crippen molar-refractivity contribution in [3.63, 3.8) is 0 Å². The van der Waals surface area contributed by atoms with Crippen LogP contribution in [0.4, 0.5) is 56.9 Å². The fraction of sp³-hybridized carbons (Fsp3) is 0.458. The number of nitrogens with one attached hydrogen (secondary N) is 4. The van der Waals surface area contributed by atoms with Gasteiger partial charge in [-0.1, -0.05) is 91.3 Å². The van der Waals surface area contributed by atoms with Gasteiger partial charge in [-0.15, -0.1) is 17.8 Å². The number of aryl methyl sites for hydroxylation is 8. The Morgan fingerprint density at radius 3 is 1.40 bits per heavy atom. The summed E-state index contributed by atoms with van der Waals surface area (Å²) >= 11 is 3.98. The normalized spacial score (nSPS) is 25.5. The molecular formula is C118H144N10O2S2Y4+2. The van der Waals surface area contributed by atoms with Crippen molar-refractivity contribution in [3.05, 3.63) is 293 Å². The van der Waals surface area contributed by atoms with Crippen molar-refractivity contribution in [3.8, 4) is 11.5 Å². The van der Waals surface area contributed by atoms with Gasteiger partial charge in [-0.2, -0.15) is 23.9 Å². The maximum Gasteiger partial charge on any atom is 0.239 e. The van der Waals surface area contributed by atoms with E-state index >= 15 is 0 Å². The number of thioether (sulfide) groups is 2. The molecule has 18 heteroatoms. The summed E-state index contributed by atoms with van der Waals surface area (Å²) in [5.41, 5.74) is 43.7.